The van der Waals surface area contributed by atoms with Crippen molar-refractivity contribution in [3.05, 3.63) is 332 Å². The van der Waals surface area contributed by atoms with E-state index in [-0.39, 0.29) is 5.28 Å². The average molecular weight is 1290 g/mol. The maximum atomic E-state index is 6.28. The van der Waals surface area contributed by atoms with Gasteiger partial charge in [0.15, 0.2) is 0 Å². The van der Waals surface area contributed by atoms with Crippen molar-refractivity contribution in [2.45, 2.75) is 6.42 Å². The minimum Gasteiger partial charge on any atom is -0.456 e. The first-order valence-corrected chi connectivity index (χ1v) is 33.6. The van der Waals surface area contributed by atoms with Crippen LogP contribution in [0.1, 0.15) is 11.1 Å². The second-order valence-electron chi connectivity index (χ2n) is 25.3. The number of benzene rings is 14. The van der Waals surface area contributed by atoms with Gasteiger partial charge in [-0.05, 0) is 172 Å². The molecule has 19 aromatic rings. The molecule has 22 rings (SSSR count). The summed E-state index contributed by atoms with van der Waals surface area (Å²) in [5, 5.41) is 9.51. The van der Waals surface area contributed by atoms with Crippen molar-refractivity contribution in [3.8, 4) is 96.2 Å². The molecule has 0 saturated carbocycles. The summed E-state index contributed by atoms with van der Waals surface area (Å²) in [4.78, 5) is 19.0. The second-order valence-corrected chi connectivity index (χ2v) is 25.7. The lowest BCUT2D eigenvalue weighted by molar-refractivity contribution is 0.486. The molecule has 7 heterocycles. The summed E-state index contributed by atoms with van der Waals surface area (Å²) in [6.07, 6.45) is 1.02. The first-order chi connectivity index (χ1) is 49.0. The van der Waals surface area contributed by atoms with Crippen molar-refractivity contribution in [1.29, 1.82) is 0 Å². The summed E-state index contributed by atoms with van der Waals surface area (Å²) in [7, 11) is 0. The summed E-state index contributed by atoms with van der Waals surface area (Å²) >= 11 is 5.98. The molecule has 3 aliphatic rings. The summed E-state index contributed by atoms with van der Waals surface area (Å²) in [6.45, 7) is 0. The van der Waals surface area contributed by atoms with Crippen LogP contribution in [-0.2, 0) is 6.42 Å². The first kappa shape index (κ1) is 56.4. The van der Waals surface area contributed by atoms with E-state index in [1.54, 1.807) is 0 Å². The van der Waals surface area contributed by atoms with Crippen molar-refractivity contribution in [2.75, 3.05) is 0 Å². The topological polar surface area (TPSA) is 84.8 Å². The van der Waals surface area contributed by atoms with E-state index in [1.165, 1.54) is 88.1 Å². The van der Waals surface area contributed by atoms with Gasteiger partial charge < -0.3 is 18.6 Å². The number of hydrogen-bond donors (Lipinski definition) is 0. The van der Waals surface area contributed by atoms with Crippen LogP contribution in [0.5, 0.6) is 23.0 Å². The fraction of sp³-hybridized carbons (Fsp3) is 0.0112. The molecule has 9 nitrogen and oxygen atoms in total. The van der Waals surface area contributed by atoms with Crippen LogP contribution < -0.4 is 9.47 Å². The third-order valence-corrected chi connectivity index (χ3v) is 19.9. The van der Waals surface area contributed by atoms with Gasteiger partial charge in [-0.3, -0.25) is 4.57 Å². The van der Waals surface area contributed by atoms with Gasteiger partial charge in [-0.15, -0.1) is 0 Å². The normalized spacial score (nSPS) is 12.2. The third-order valence-electron chi connectivity index (χ3n) is 19.8. The monoisotopic (exact) mass is 1290 g/mol. The largest absolute Gasteiger partial charge is 0.456 e. The Kier molecular flexibility index (Phi) is 12.9. The van der Waals surface area contributed by atoms with Crippen molar-refractivity contribution in [1.82, 2.24) is 33.6 Å². The van der Waals surface area contributed by atoms with Crippen LogP contribution in [0.25, 0.3) is 160 Å². The number of halogens is 1. The van der Waals surface area contributed by atoms with Crippen LogP contribution in [0.15, 0.2) is 315 Å². The summed E-state index contributed by atoms with van der Waals surface area (Å²) in [6, 6.07) is 111. The lowest BCUT2D eigenvalue weighted by Crippen LogP contribution is -2.06. The number of hydrogen-bond acceptors (Lipinski definition) is 6. The van der Waals surface area contributed by atoms with Gasteiger partial charge in [0.05, 0.1) is 66.3 Å². The Bertz CT molecular complexity index is 6550. The Hall–Kier alpha value is -13.0. The number of rotatable bonds is 5. The van der Waals surface area contributed by atoms with Crippen LogP contribution in [0.3, 0.4) is 0 Å². The number of ether oxygens (including phenoxy) is 2. The Labute approximate surface area is 572 Å². The zero-order valence-electron chi connectivity index (χ0n) is 53.1. The van der Waals surface area contributed by atoms with E-state index in [9.17, 15) is 0 Å². The van der Waals surface area contributed by atoms with Crippen LogP contribution in [0.2, 0.25) is 5.28 Å². The molecular formula is C89H54ClN7O2. The highest BCUT2D eigenvalue weighted by atomic mass is 35.5. The minimum atomic E-state index is 0.256. The van der Waals surface area contributed by atoms with Gasteiger partial charge in [-0.2, -0.15) is 0 Å². The molecule has 2 aliphatic heterocycles. The fourth-order valence-corrected chi connectivity index (χ4v) is 15.5. The number of nitrogens with zero attached hydrogens (tertiary/aromatic N) is 7. The quantitative estimate of drug-likeness (QED) is 0.160. The van der Waals surface area contributed by atoms with Crippen molar-refractivity contribution >= 4 is 98.8 Å². The Morgan fingerprint density at radius 2 is 0.667 bits per heavy atom. The van der Waals surface area contributed by atoms with Gasteiger partial charge in [-0.1, -0.05) is 206 Å². The fourth-order valence-electron chi connectivity index (χ4n) is 15.4. The molecule has 1 aliphatic carbocycles. The van der Waals surface area contributed by atoms with E-state index >= 15 is 0 Å². The predicted octanol–water partition coefficient (Wildman–Crippen LogP) is 23.3. The molecule has 464 valence electrons. The lowest BCUT2D eigenvalue weighted by Gasteiger charge is -2.21. The summed E-state index contributed by atoms with van der Waals surface area (Å²) in [5.41, 5.74) is 25.1. The molecule has 0 radical (unpaired) electrons. The van der Waals surface area contributed by atoms with Gasteiger partial charge in [0, 0.05) is 54.8 Å². The molecule has 0 saturated heterocycles. The van der Waals surface area contributed by atoms with E-state index in [0.717, 1.165) is 107 Å². The molecule has 99 heavy (non-hydrogen) atoms. The molecular weight excluding hydrogens is 1230 g/mol. The maximum Gasteiger partial charge on any atom is 0.235 e. The van der Waals surface area contributed by atoms with Crippen LogP contribution in [-0.4, -0.2) is 33.6 Å². The third kappa shape index (κ3) is 9.16. The van der Waals surface area contributed by atoms with Gasteiger partial charge in [0.2, 0.25) is 11.2 Å². The van der Waals surface area contributed by atoms with Gasteiger partial charge in [0.1, 0.15) is 23.0 Å². The molecule has 0 unspecified atom stereocenters. The van der Waals surface area contributed by atoms with Crippen LogP contribution in [0, 0.1) is 0 Å². The number of fused-ring (bicyclic) bond motifs is 16. The van der Waals surface area contributed by atoms with E-state index in [1.807, 2.05) is 78.9 Å². The SMILES string of the molecule is Clc1nc2c3c(cccc3n1)Oc1ccccc1-2.c1ccc(-n2c3ccccc3c3ccc(-c4ccc5c(c4)Cc4ccccc4-5)cc32)cc1.c1ccc(-n2c3ccccc3c3ccc(-c4ccc5c6ccccc6n(-c6nc7c8c(cccc8n6)Oc6ccccc6-7)c5c4)cc32)cc1. The van der Waals surface area contributed by atoms with Gasteiger partial charge in [-0.25, -0.2) is 19.9 Å². The molecule has 0 fully saturated rings. The van der Waals surface area contributed by atoms with Crippen molar-refractivity contribution < 1.29 is 9.47 Å². The Morgan fingerprint density at radius 3 is 1.21 bits per heavy atom. The molecule has 10 heteroatoms. The van der Waals surface area contributed by atoms with Crippen LogP contribution >= 0.6 is 11.6 Å². The molecule has 0 atom stereocenters. The highest BCUT2D eigenvalue weighted by Gasteiger charge is 2.27. The zero-order valence-corrected chi connectivity index (χ0v) is 53.8. The Morgan fingerprint density at radius 1 is 0.273 bits per heavy atom. The highest BCUT2D eigenvalue weighted by molar-refractivity contribution is 6.29. The molecule has 0 amide bonds. The summed E-state index contributed by atoms with van der Waals surface area (Å²) in [5.74, 6) is 3.80. The van der Waals surface area contributed by atoms with E-state index in [4.69, 9.17) is 31.0 Å². The predicted molar refractivity (Wildman–Crippen MR) is 404 cm³/mol. The van der Waals surface area contributed by atoms with Crippen molar-refractivity contribution in [2.24, 2.45) is 0 Å². The summed E-state index contributed by atoms with van der Waals surface area (Å²) < 4.78 is 19.1. The van der Waals surface area contributed by atoms with Crippen LogP contribution in [0.4, 0.5) is 0 Å². The van der Waals surface area contributed by atoms with Gasteiger partial charge in [0.25, 0.3) is 0 Å². The zero-order chi connectivity index (χ0) is 65.2. The van der Waals surface area contributed by atoms with E-state index in [0.29, 0.717) is 5.95 Å². The highest BCUT2D eigenvalue weighted by Crippen LogP contribution is 2.48. The average Bonchev–Trinajstić information content (AvgIpc) is 1.71. The van der Waals surface area contributed by atoms with E-state index < -0.39 is 0 Å². The number of para-hydroxylation sites is 7. The van der Waals surface area contributed by atoms with Gasteiger partial charge >= 0.3 is 0 Å². The minimum absolute atomic E-state index is 0.256. The molecule has 5 aromatic heterocycles. The maximum absolute atomic E-state index is 6.28. The standard InChI is InChI=1S/C44H26N4O.C31H21N.C14H7ClN2O/c1-2-11-29(12-3-1)47-36-17-7-4-13-30(36)32-23-21-27(25-38(32)47)28-22-24-33-31-14-5-8-18-37(31)48(39(33)26-28)44-45-35-16-10-20-41-42(35)43(46-44)34-15-6-9-19-40(34)49-41;1-2-9-25(10-3-1)32-30-13-7-6-12-28(30)29-17-15-22(20-31(29)32)21-14-16-27-24(18-21)19-23-8-4-5-11-26(23)27;15-14-16-9-5-3-7-11-12(9)13(17-14)8-4-1-2-6-10(8)18-11/h1-26H;1-18,20H,19H2;1-7H. The first-order valence-electron chi connectivity index (χ1n) is 33.2. The molecule has 0 spiro atoms. The smallest absolute Gasteiger partial charge is 0.235 e. The molecule has 14 aromatic carbocycles. The molecule has 0 bridgehead atoms. The second kappa shape index (κ2) is 22.6. The van der Waals surface area contributed by atoms with E-state index in [2.05, 4.69) is 260 Å². The Balaban J connectivity index is 0.000000113. The number of aromatic nitrogens is 7. The molecule has 0 N–H and O–H groups in total. The van der Waals surface area contributed by atoms with Crippen molar-refractivity contribution in [3.63, 3.8) is 0 Å². The lowest BCUT2D eigenvalue weighted by atomic mass is 9.98.